The molecule has 0 saturated carbocycles. The number of aromatic nitrogens is 1. The molecule has 136 valence electrons. The summed E-state index contributed by atoms with van der Waals surface area (Å²) in [6.07, 6.45) is 5.26. The number of benzene rings is 1. The van der Waals surface area contributed by atoms with Crippen LogP contribution < -0.4 is 10.0 Å². The van der Waals surface area contributed by atoms with Gasteiger partial charge in [0.2, 0.25) is 0 Å². The summed E-state index contributed by atoms with van der Waals surface area (Å²) in [5, 5.41) is 6.42. The lowest BCUT2D eigenvalue weighted by Crippen LogP contribution is -2.30. The number of thiazole rings is 1. The first-order chi connectivity index (χ1) is 12.1. The number of halogens is 2. The number of anilines is 2. The molecule has 0 spiro atoms. The third-order valence-electron chi connectivity index (χ3n) is 4.41. The third kappa shape index (κ3) is 5.48. The van der Waals surface area contributed by atoms with Crippen molar-refractivity contribution < 1.29 is 4.39 Å². The predicted molar refractivity (Wildman–Crippen MR) is 106 cm³/mol. The van der Waals surface area contributed by atoms with E-state index in [1.807, 2.05) is 5.38 Å². The highest BCUT2D eigenvalue weighted by Crippen LogP contribution is 2.32. The van der Waals surface area contributed by atoms with Crippen molar-refractivity contribution in [3.8, 4) is 0 Å². The second kappa shape index (κ2) is 9.07. The number of hydrogen-bond donors (Lipinski definition) is 2. The molecule has 0 unspecified atom stereocenters. The maximum absolute atomic E-state index is 14.3. The molecule has 0 amide bonds. The Bertz CT molecular complexity index is 676. The number of likely N-dealkylation sites (tertiary alicyclic amines) is 1. The Morgan fingerprint density at radius 1 is 1.40 bits per heavy atom. The maximum atomic E-state index is 14.3. The Morgan fingerprint density at radius 2 is 2.20 bits per heavy atom. The Kier molecular flexibility index (Phi) is 6.81. The van der Waals surface area contributed by atoms with Crippen LogP contribution in [-0.2, 0) is 0 Å². The molecule has 0 aliphatic carbocycles. The minimum atomic E-state index is -0.291. The Balaban J connectivity index is 1.51. The molecule has 0 radical (unpaired) electrons. The van der Waals surface area contributed by atoms with Gasteiger partial charge in [0.05, 0.1) is 15.6 Å². The van der Waals surface area contributed by atoms with Crippen molar-refractivity contribution >= 4 is 45.7 Å². The molecule has 3 rings (SSSR count). The largest absolute Gasteiger partial charge is 0.384 e. The van der Waals surface area contributed by atoms with Gasteiger partial charge in [-0.1, -0.05) is 11.6 Å². The van der Waals surface area contributed by atoms with E-state index in [0.717, 1.165) is 37.1 Å². The van der Waals surface area contributed by atoms with Crippen LogP contribution in [0, 0.1) is 11.7 Å². The zero-order valence-electron chi connectivity index (χ0n) is 14.1. The van der Waals surface area contributed by atoms with E-state index < -0.39 is 0 Å². The second-order valence-electron chi connectivity index (χ2n) is 6.27. The average Bonchev–Trinajstić information content (AvgIpc) is 3.11. The highest BCUT2D eigenvalue weighted by molar-refractivity contribution is 8.00. The zero-order chi connectivity index (χ0) is 17.6. The van der Waals surface area contributed by atoms with Crippen LogP contribution in [0.1, 0.15) is 19.3 Å². The fourth-order valence-electron chi connectivity index (χ4n) is 2.88. The molecule has 1 aromatic heterocycles. The van der Waals surface area contributed by atoms with Crippen molar-refractivity contribution in [1.82, 2.24) is 9.88 Å². The van der Waals surface area contributed by atoms with Gasteiger partial charge < -0.3 is 14.9 Å². The van der Waals surface area contributed by atoms with E-state index in [0.29, 0.717) is 15.6 Å². The van der Waals surface area contributed by atoms with Gasteiger partial charge in [0, 0.05) is 18.1 Å². The van der Waals surface area contributed by atoms with Crippen molar-refractivity contribution in [3.63, 3.8) is 0 Å². The molecule has 1 aliphatic rings. The first kappa shape index (κ1) is 18.8. The van der Waals surface area contributed by atoms with E-state index in [9.17, 15) is 4.39 Å². The average molecular weight is 401 g/mol. The molecule has 2 aromatic rings. The first-order valence-electron chi connectivity index (χ1n) is 8.35. The SMILES string of the molecule is CN1CCC(CCNc2cc(F)c(SNc3nccs3)cc2Cl)CC1. The molecule has 1 fully saturated rings. The summed E-state index contributed by atoms with van der Waals surface area (Å²) < 4.78 is 17.3. The lowest BCUT2D eigenvalue weighted by molar-refractivity contribution is 0.215. The minimum absolute atomic E-state index is 0.291. The highest BCUT2D eigenvalue weighted by atomic mass is 35.5. The van der Waals surface area contributed by atoms with E-state index in [1.54, 1.807) is 12.3 Å². The molecule has 2 N–H and O–H groups in total. The van der Waals surface area contributed by atoms with Crippen molar-refractivity contribution in [3.05, 3.63) is 34.5 Å². The van der Waals surface area contributed by atoms with Gasteiger partial charge >= 0.3 is 0 Å². The number of hydrogen-bond acceptors (Lipinski definition) is 6. The Labute approximate surface area is 161 Å². The smallest absolute Gasteiger partial charge is 0.192 e. The molecule has 4 nitrogen and oxygen atoms in total. The number of nitrogens with one attached hydrogen (secondary N) is 2. The number of nitrogens with zero attached hydrogens (tertiary/aromatic N) is 2. The second-order valence-corrected chi connectivity index (χ2v) is 8.42. The van der Waals surface area contributed by atoms with Gasteiger partial charge in [-0.25, -0.2) is 9.37 Å². The number of rotatable bonds is 7. The lowest BCUT2D eigenvalue weighted by Gasteiger charge is -2.29. The van der Waals surface area contributed by atoms with Gasteiger partial charge in [0.25, 0.3) is 0 Å². The third-order valence-corrected chi connectivity index (χ3v) is 6.37. The Hall–Kier alpha value is -1.02. The molecule has 0 bridgehead atoms. The summed E-state index contributed by atoms with van der Waals surface area (Å²) in [6, 6.07) is 3.13. The van der Waals surface area contributed by atoms with Crippen molar-refractivity contribution in [2.75, 3.05) is 36.7 Å². The van der Waals surface area contributed by atoms with Gasteiger partial charge in [-0.2, -0.15) is 0 Å². The molecular formula is C17H22ClFN4S2. The van der Waals surface area contributed by atoms with Crippen LogP contribution in [0.3, 0.4) is 0 Å². The highest BCUT2D eigenvalue weighted by Gasteiger charge is 2.16. The summed E-state index contributed by atoms with van der Waals surface area (Å²) in [5.41, 5.74) is 0.658. The predicted octanol–water partition coefficient (Wildman–Crippen LogP) is 5.20. The molecule has 0 atom stereocenters. The van der Waals surface area contributed by atoms with Gasteiger partial charge in [-0.3, -0.25) is 0 Å². The lowest BCUT2D eigenvalue weighted by atomic mass is 9.94. The molecule has 1 aromatic carbocycles. The number of piperidine rings is 1. The zero-order valence-corrected chi connectivity index (χ0v) is 16.5. The quantitative estimate of drug-likeness (QED) is 0.625. The molecule has 25 heavy (non-hydrogen) atoms. The standard InChI is InChI=1S/C17H22ClFN4S2/c1-23-7-3-12(4-8-23)2-5-20-15-11-14(19)16(10-13(15)18)25-22-17-21-6-9-24-17/h6,9-12,20H,2-5,7-8H2,1H3,(H,21,22). The summed E-state index contributed by atoms with van der Waals surface area (Å²) >= 11 is 8.96. The van der Waals surface area contributed by atoms with Gasteiger partial charge in [-0.15, -0.1) is 11.3 Å². The maximum Gasteiger partial charge on any atom is 0.192 e. The van der Waals surface area contributed by atoms with Gasteiger partial charge in [-0.05, 0) is 69.4 Å². The van der Waals surface area contributed by atoms with E-state index in [-0.39, 0.29) is 5.82 Å². The normalized spacial score (nSPS) is 16.1. The molecule has 2 heterocycles. The summed E-state index contributed by atoms with van der Waals surface area (Å²) in [4.78, 5) is 6.93. The van der Waals surface area contributed by atoms with E-state index >= 15 is 0 Å². The van der Waals surface area contributed by atoms with Crippen LogP contribution in [0.25, 0.3) is 0 Å². The van der Waals surface area contributed by atoms with E-state index in [1.165, 1.54) is 42.2 Å². The monoisotopic (exact) mass is 400 g/mol. The molecule has 1 saturated heterocycles. The van der Waals surface area contributed by atoms with Crippen LogP contribution in [-0.4, -0.2) is 36.6 Å². The molecule has 1 aliphatic heterocycles. The van der Waals surface area contributed by atoms with E-state index in [4.69, 9.17) is 11.6 Å². The van der Waals surface area contributed by atoms with E-state index in [2.05, 4.69) is 27.0 Å². The minimum Gasteiger partial charge on any atom is -0.384 e. The van der Waals surface area contributed by atoms with Crippen molar-refractivity contribution in [2.45, 2.75) is 24.2 Å². The van der Waals surface area contributed by atoms with Crippen LogP contribution in [0.2, 0.25) is 5.02 Å². The fraction of sp³-hybridized carbons (Fsp3) is 0.471. The van der Waals surface area contributed by atoms with Crippen molar-refractivity contribution in [2.24, 2.45) is 5.92 Å². The van der Waals surface area contributed by atoms with Crippen LogP contribution in [0.4, 0.5) is 15.2 Å². The first-order valence-corrected chi connectivity index (χ1v) is 10.4. The van der Waals surface area contributed by atoms with Gasteiger partial charge in [0.15, 0.2) is 5.13 Å². The Morgan fingerprint density at radius 3 is 2.92 bits per heavy atom. The summed E-state index contributed by atoms with van der Waals surface area (Å²) in [6.45, 7) is 3.15. The van der Waals surface area contributed by atoms with Crippen LogP contribution in [0.15, 0.2) is 28.6 Å². The summed E-state index contributed by atoms with van der Waals surface area (Å²) in [5.74, 6) is 0.449. The molecular weight excluding hydrogens is 379 g/mol. The van der Waals surface area contributed by atoms with Crippen molar-refractivity contribution in [1.29, 1.82) is 0 Å². The summed E-state index contributed by atoms with van der Waals surface area (Å²) in [7, 11) is 2.17. The van der Waals surface area contributed by atoms with Crippen LogP contribution >= 0.6 is 34.9 Å². The molecule has 8 heteroatoms. The van der Waals surface area contributed by atoms with Gasteiger partial charge in [0.1, 0.15) is 5.82 Å². The topological polar surface area (TPSA) is 40.2 Å². The van der Waals surface area contributed by atoms with Crippen LogP contribution in [0.5, 0.6) is 0 Å². The fourth-order valence-corrected chi connectivity index (χ4v) is 4.44.